The second-order valence-corrected chi connectivity index (χ2v) is 8.88. The Morgan fingerprint density at radius 2 is 2.04 bits per heavy atom. The van der Waals surface area contributed by atoms with Crippen LogP contribution in [0.5, 0.6) is 0 Å². The molecule has 2 aromatic heterocycles. The number of rotatable bonds is 6. The number of aromatic amines is 1. The second kappa shape index (κ2) is 7.55. The molecule has 0 aliphatic carbocycles. The van der Waals surface area contributed by atoms with Crippen molar-refractivity contribution in [1.29, 1.82) is 0 Å². The molecular weight excluding hydrogens is 391 g/mol. The standard InChI is InChI=1S/C18H24F3N5OS/c1-22-16-9-15(14-5-7-23-17(14)24-16)25-10-12-3-4-13(11-25)26(12)28(27)8-2-6-18(19,20)21/h5,7,9,12-13H,2-4,6,8,10-11H2,1H3,(H2,22,23,24). The molecule has 4 rings (SSSR count). The lowest BCUT2D eigenvalue weighted by Gasteiger charge is -2.41. The van der Waals surface area contributed by atoms with Crippen LogP contribution in [-0.4, -0.2) is 62.6 Å². The number of anilines is 2. The first-order valence-corrected chi connectivity index (χ1v) is 10.8. The Labute approximate surface area is 164 Å². The van der Waals surface area contributed by atoms with Crippen molar-refractivity contribution in [2.45, 2.75) is 43.9 Å². The number of halogens is 3. The number of fused-ring (bicyclic) bond motifs is 3. The molecule has 3 unspecified atom stereocenters. The average molecular weight is 415 g/mol. The summed E-state index contributed by atoms with van der Waals surface area (Å²) in [6.45, 7) is 1.43. The van der Waals surface area contributed by atoms with Gasteiger partial charge in [0.25, 0.3) is 0 Å². The number of hydrogen-bond donors (Lipinski definition) is 2. The van der Waals surface area contributed by atoms with Gasteiger partial charge in [-0.25, -0.2) is 13.5 Å². The van der Waals surface area contributed by atoms with E-state index in [1.54, 1.807) is 0 Å². The lowest BCUT2D eigenvalue weighted by Crippen LogP contribution is -2.54. The molecule has 4 heterocycles. The summed E-state index contributed by atoms with van der Waals surface area (Å²) in [6.07, 6.45) is -1.44. The van der Waals surface area contributed by atoms with Gasteiger partial charge in [0.1, 0.15) is 11.5 Å². The summed E-state index contributed by atoms with van der Waals surface area (Å²) in [5.41, 5.74) is 1.89. The predicted molar refractivity (Wildman–Crippen MR) is 105 cm³/mol. The fourth-order valence-corrected chi connectivity index (χ4v) is 5.92. The van der Waals surface area contributed by atoms with Gasteiger partial charge in [-0.2, -0.15) is 13.2 Å². The van der Waals surface area contributed by atoms with Crippen LogP contribution in [0, 0.1) is 0 Å². The van der Waals surface area contributed by atoms with Crippen LogP contribution >= 0.6 is 0 Å². The van der Waals surface area contributed by atoms with E-state index < -0.39 is 23.6 Å². The van der Waals surface area contributed by atoms with Crippen LogP contribution in [0.25, 0.3) is 11.0 Å². The molecule has 2 aliphatic rings. The quantitative estimate of drug-likeness (QED) is 0.760. The van der Waals surface area contributed by atoms with Gasteiger partial charge in [-0.05, 0) is 25.3 Å². The highest BCUT2D eigenvalue weighted by Crippen LogP contribution is 2.37. The smallest absolute Gasteiger partial charge is 0.373 e. The van der Waals surface area contributed by atoms with Crippen molar-refractivity contribution in [3.63, 3.8) is 0 Å². The average Bonchev–Trinajstić information content (AvgIpc) is 3.21. The number of nitrogens with one attached hydrogen (secondary N) is 2. The molecule has 2 bridgehead atoms. The third kappa shape index (κ3) is 3.84. The molecule has 2 aromatic rings. The summed E-state index contributed by atoms with van der Waals surface area (Å²) in [7, 11) is 0.466. The van der Waals surface area contributed by atoms with Crippen molar-refractivity contribution in [3.05, 3.63) is 18.3 Å². The van der Waals surface area contributed by atoms with E-state index in [9.17, 15) is 17.4 Å². The number of alkyl halides is 3. The van der Waals surface area contributed by atoms with Crippen LogP contribution in [0.3, 0.4) is 0 Å². The Bertz CT molecular complexity index is 857. The molecule has 2 saturated heterocycles. The van der Waals surface area contributed by atoms with Crippen LogP contribution in [0.4, 0.5) is 24.7 Å². The number of nitrogens with zero attached hydrogens (tertiary/aromatic N) is 3. The molecule has 28 heavy (non-hydrogen) atoms. The minimum absolute atomic E-state index is 0.0771. The fourth-order valence-electron chi connectivity index (χ4n) is 4.30. The van der Waals surface area contributed by atoms with Gasteiger partial charge in [0.15, 0.2) is 0 Å². The van der Waals surface area contributed by atoms with E-state index >= 15 is 0 Å². The predicted octanol–water partition coefficient (Wildman–Crippen LogP) is 3.26. The van der Waals surface area contributed by atoms with Gasteiger partial charge in [-0.15, -0.1) is 0 Å². The van der Waals surface area contributed by atoms with Crippen molar-refractivity contribution < 1.29 is 17.4 Å². The first-order valence-electron chi connectivity index (χ1n) is 9.50. The van der Waals surface area contributed by atoms with Crippen molar-refractivity contribution in [1.82, 2.24) is 14.3 Å². The zero-order valence-corrected chi connectivity index (χ0v) is 16.4. The summed E-state index contributed by atoms with van der Waals surface area (Å²) in [6, 6.07) is 4.23. The summed E-state index contributed by atoms with van der Waals surface area (Å²) in [5, 5.41) is 4.12. The number of aromatic nitrogens is 2. The maximum atomic E-state index is 12.7. The van der Waals surface area contributed by atoms with Crippen LogP contribution in [0.1, 0.15) is 25.7 Å². The lowest BCUT2D eigenvalue weighted by molar-refractivity contribution is -0.134. The van der Waals surface area contributed by atoms with Gasteiger partial charge >= 0.3 is 6.18 Å². The molecule has 0 aromatic carbocycles. The van der Waals surface area contributed by atoms with E-state index in [2.05, 4.69) is 20.2 Å². The fraction of sp³-hybridized carbons (Fsp3) is 0.611. The SMILES string of the molecule is CNc1cc(N2CC3CCC(C2)N3S(=O)CCCC(F)(F)F)c2cc[nH]c2n1. The monoisotopic (exact) mass is 415 g/mol. The van der Waals surface area contributed by atoms with Crippen molar-refractivity contribution in [3.8, 4) is 0 Å². The number of hydrogen-bond acceptors (Lipinski definition) is 4. The molecule has 3 atom stereocenters. The molecule has 0 spiro atoms. The highest BCUT2D eigenvalue weighted by Gasteiger charge is 2.43. The molecule has 154 valence electrons. The highest BCUT2D eigenvalue weighted by molar-refractivity contribution is 7.82. The Morgan fingerprint density at radius 1 is 1.32 bits per heavy atom. The third-order valence-electron chi connectivity index (χ3n) is 5.53. The van der Waals surface area contributed by atoms with E-state index in [0.29, 0.717) is 0 Å². The molecule has 2 aliphatic heterocycles. The van der Waals surface area contributed by atoms with E-state index in [-0.39, 0.29) is 24.3 Å². The minimum Gasteiger partial charge on any atom is -0.373 e. The van der Waals surface area contributed by atoms with Crippen molar-refractivity contribution in [2.75, 3.05) is 36.1 Å². The third-order valence-corrected chi connectivity index (χ3v) is 7.24. The first-order chi connectivity index (χ1) is 13.4. The molecule has 0 amide bonds. The van der Waals surface area contributed by atoms with Crippen LogP contribution in [0.2, 0.25) is 0 Å². The maximum absolute atomic E-state index is 12.7. The number of H-pyrrole nitrogens is 1. The van der Waals surface area contributed by atoms with E-state index in [0.717, 1.165) is 48.5 Å². The molecule has 2 fully saturated rings. The number of piperazine rings is 1. The van der Waals surface area contributed by atoms with Gasteiger partial charge in [-0.3, -0.25) is 0 Å². The van der Waals surface area contributed by atoms with E-state index in [1.165, 1.54) is 0 Å². The normalized spacial score (nSPS) is 24.1. The maximum Gasteiger partial charge on any atom is 0.389 e. The Kier molecular flexibility index (Phi) is 5.26. The highest BCUT2D eigenvalue weighted by atomic mass is 32.2. The largest absolute Gasteiger partial charge is 0.389 e. The van der Waals surface area contributed by atoms with Crippen molar-refractivity contribution >= 4 is 33.5 Å². The molecular formula is C18H24F3N5OS. The molecule has 0 saturated carbocycles. The topological polar surface area (TPSA) is 64.3 Å². The molecule has 10 heteroatoms. The summed E-state index contributed by atoms with van der Waals surface area (Å²) < 4.78 is 51.8. The molecule has 6 nitrogen and oxygen atoms in total. The van der Waals surface area contributed by atoms with Gasteiger partial charge in [0.05, 0.1) is 16.7 Å². The zero-order chi connectivity index (χ0) is 19.9. The van der Waals surface area contributed by atoms with Crippen LogP contribution < -0.4 is 10.2 Å². The Hall–Kier alpha value is -1.81. The zero-order valence-electron chi connectivity index (χ0n) is 15.6. The van der Waals surface area contributed by atoms with Crippen LogP contribution in [-0.2, 0) is 11.0 Å². The Balaban J connectivity index is 1.48. The second-order valence-electron chi connectivity index (χ2n) is 7.41. The van der Waals surface area contributed by atoms with E-state index in [1.807, 2.05) is 29.7 Å². The van der Waals surface area contributed by atoms with Gasteiger partial charge < -0.3 is 15.2 Å². The molecule has 2 N–H and O–H groups in total. The summed E-state index contributed by atoms with van der Waals surface area (Å²) in [5.74, 6) is 0.851. The van der Waals surface area contributed by atoms with Gasteiger partial charge in [0, 0.05) is 62.0 Å². The van der Waals surface area contributed by atoms with Crippen LogP contribution in [0.15, 0.2) is 18.3 Å². The minimum atomic E-state index is -4.18. The number of pyridine rings is 1. The summed E-state index contributed by atoms with van der Waals surface area (Å²) in [4.78, 5) is 9.96. The first kappa shape index (κ1) is 19.5. The van der Waals surface area contributed by atoms with Crippen molar-refractivity contribution in [2.24, 2.45) is 0 Å². The van der Waals surface area contributed by atoms with Gasteiger partial charge in [0.2, 0.25) is 0 Å². The molecule has 0 radical (unpaired) electrons. The Morgan fingerprint density at radius 3 is 2.68 bits per heavy atom. The van der Waals surface area contributed by atoms with Gasteiger partial charge in [-0.1, -0.05) is 0 Å². The summed E-state index contributed by atoms with van der Waals surface area (Å²) >= 11 is 0. The lowest BCUT2D eigenvalue weighted by atomic mass is 10.1. The van der Waals surface area contributed by atoms with E-state index in [4.69, 9.17) is 0 Å².